The van der Waals surface area contributed by atoms with Gasteiger partial charge in [-0.15, -0.1) is 11.3 Å². The zero-order valence-electron chi connectivity index (χ0n) is 11.4. The summed E-state index contributed by atoms with van der Waals surface area (Å²) in [5.41, 5.74) is 0. The molecule has 0 aliphatic rings. The maximum absolute atomic E-state index is 12.0. The van der Waals surface area contributed by atoms with Crippen molar-refractivity contribution in [3.8, 4) is 0 Å². The number of Topliss-reactive ketones (excluding diaryl/α,β-unsaturated/α-hetero) is 1. The lowest BCUT2D eigenvalue weighted by Crippen LogP contribution is -2.44. The molecule has 0 fully saturated rings. The third kappa shape index (κ3) is 3.89. The summed E-state index contributed by atoms with van der Waals surface area (Å²) in [6.45, 7) is 5.08. The average molecular weight is 283 g/mol. The molecule has 0 bridgehead atoms. The number of thiophene rings is 1. The average Bonchev–Trinajstić information content (AvgIpc) is 2.84. The van der Waals surface area contributed by atoms with Gasteiger partial charge in [0.15, 0.2) is 5.78 Å². The molecule has 5 nitrogen and oxygen atoms in total. The Kier molecular flexibility index (Phi) is 5.23. The lowest BCUT2D eigenvalue weighted by molar-refractivity contribution is -0.144. The predicted octanol–water partition coefficient (Wildman–Crippen LogP) is 1.88. The first-order chi connectivity index (χ1) is 8.86. The van der Waals surface area contributed by atoms with Crippen LogP contribution in [0.3, 0.4) is 0 Å². The molecule has 0 saturated heterocycles. The van der Waals surface area contributed by atoms with Gasteiger partial charge in [-0.1, -0.05) is 13.8 Å². The summed E-state index contributed by atoms with van der Waals surface area (Å²) >= 11 is 1.11. The van der Waals surface area contributed by atoms with E-state index in [4.69, 9.17) is 0 Å². The van der Waals surface area contributed by atoms with Gasteiger partial charge in [-0.2, -0.15) is 0 Å². The first kappa shape index (κ1) is 15.4. The van der Waals surface area contributed by atoms with Crippen molar-refractivity contribution in [2.75, 3.05) is 7.11 Å². The second-order valence-corrected chi connectivity index (χ2v) is 5.52. The second-order valence-electron chi connectivity index (χ2n) is 4.44. The van der Waals surface area contributed by atoms with Crippen molar-refractivity contribution < 1.29 is 19.1 Å². The Balaban J connectivity index is 2.81. The molecule has 1 heterocycles. The lowest BCUT2D eigenvalue weighted by Gasteiger charge is -2.19. The number of esters is 1. The zero-order chi connectivity index (χ0) is 14.6. The number of amides is 1. The highest BCUT2D eigenvalue weighted by Crippen LogP contribution is 2.17. The maximum atomic E-state index is 12.0. The molecule has 6 heteroatoms. The standard InChI is InChI=1S/C13H17NO4S/c1-7(2)11(13(17)18-4)14-12(16)10-6-5-9(19-10)8(3)15/h5-7,11H,1-4H3,(H,14,16)/t11-/m0/s1. The molecular weight excluding hydrogens is 266 g/mol. The minimum Gasteiger partial charge on any atom is -0.467 e. The van der Waals surface area contributed by atoms with Gasteiger partial charge in [-0.3, -0.25) is 9.59 Å². The van der Waals surface area contributed by atoms with Crippen LogP contribution in [0.25, 0.3) is 0 Å². The molecular formula is C13H17NO4S. The Morgan fingerprint density at radius 3 is 2.21 bits per heavy atom. The van der Waals surface area contributed by atoms with E-state index < -0.39 is 12.0 Å². The van der Waals surface area contributed by atoms with E-state index in [0.29, 0.717) is 9.75 Å². The molecule has 0 radical (unpaired) electrons. The number of nitrogens with one attached hydrogen (secondary N) is 1. The largest absolute Gasteiger partial charge is 0.467 e. The summed E-state index contributed by atoms with van der Waals surface area (Å²) in [5.74, 6) is -1.02. The summed E-state index contributed by atoms with van der Waals surface area (Å²) < 4.78 is 4.65. The first-order valence-electron chi connectivity index (χ1n) is 5.86. The SMILES string of the molecule is COC(=O)[C@@H](NC(=O)c1ccc(C(C)=O)s1)C(C)C. The van der Waals surface area contributed by atoms with Crippen LogP contribution in [0.1, 0.15) is 40.1 Å². The van der Waals surface area contributed by atoms with E-state index in [1.807, 2.05) is 13.8 Å². The zero-order valence-corrected chi connectivity index (χ0v) is 12.2. The summed E-state index contributed by atoms with van der Waals surface area (Å²) in [4.78, 5) is 35.6. The van der Waals surface area contributed by atoms with E-state index in [-0.39, 0.29) is 17.6 Å². The monoisotopic (exact) mass is 283 g/mol. The highest BCUT2D eigenvalue weighted by molar-refractivity contribution is 7.15. The smallest absolute Gasteiger partial charge is 0.328 e. The molecule has 1 N–H and O–H groups in total. The van der Waals surface area contributed by atoms with E-state index in [9.17, 15) is 14.4 Å². The molecule has 1 atom stereocenters. The van der Waals surface area contributed by atoms with Gasteiger partial charge >= 0.3 is 5.97 Å². The predicted molar refractivity (Wildman–Crippen MR) is 72.4 cm³/mol. The minimum absolute atomic E-state index is 0.0800. The summed E-state index contributed by atoms with van der Waals surface area (Å²) in [5, 5.41) is 2.62. The Morgan fingerprint density at radius 1 is 1.21 bits per heavy atom. The molecule has 0 aliphatic heterocycles. The Hall–Kier alpha value is -1.69. The molecule has 0 saturated carbocycles. The van der Waals surface area contributed by atoms with Crippen LogP contribution in [0.5, 0.6) is 0 Å². The fourth-order valence-corrected chi connectivity index (χ4v) is 2.29. The van der Waals surface area contributed by atoms with Crippen LogP contribution in [0.15, 0.2) is 12.1 Å². The summed E-state index contributed by atoms with van der Waals surface area (Å²) in [7, 11) is 1.28. The fourth-order valence-electron chi connectivity index (χ4n) is 1.49. The van der Waals surface area contributed by atoms with Crippen LogP contribution in [-0.4, -0.2) is 30.8 Å². The lowest BCUT2D eigenvalue weighted by atomic mass is 10.0. The Labute approximate surface area is 116 Å². The molecule has 0 aromatic carbocycles. The molecule has 1 aromatic heterocycles. The molecule has 104 valence electrons. The van der Waals surface area contributed by atoms with Gasteiger partial charge in [-0.25, -0.2) is 4.79 Å². The maximum Gasteiger partial charge on any atom is 0.328 e. The normalized spacial score (nSPS) is 12.1. The molecule has 0 spiro atoms. The molecule has 1 rings (SSSR count). The topological polar surface area (TPSA) is 72.5 Å². The van der Waals surface area contributed by atoms with E-state index in [1.54, 1.807) is 12.1 Å². The first-order valence-corrected chi connectivity index (χ1v) is 6.68. The van der Waals surface area contributed by atoms with Gasteiger partial charge in [0.25, 0.3) is 5.91 Å². The van der Waals surface area contributed by atoms with Crippen molar-refractivity contribution in [1.82, 2.24) is 5.32 Å². The van der Waals surface area contributed by atoms with Gasteiger partial charge in [0.05, 0.1) is 16.9 Å². The summed E-state index contributed by atoms with van der Waals surface area (Å²) in [6, 6.07) is 2.48. The quantitative estimate of drug-likeness (QED) is 0.661. The Morgan fingerprint density at radius 2 is 1.79 bits per heavy atom. The van der Waals surface area contributed by atoms with Crippen molar-refractivity contribution >= 4 is 29.0 Å². The number of ether oxygens (including phenoxy) is 1. The van der Waals surface area contributed by atoms with Crippen molar-refractivity contribution in [2.24, 2.45) is 5.92 Å². The highest BCUT2D eigenvalue weighted by atomic mass is 32.1. The minimum atomic E-state index is -0.694. The number of ketones is 1. The number of hydrogen-bond acceptors (Lipinski definition) is 5. The third-order valence-electron chi connectivity index (χ3n) is 2.59. The molecule has 1 aromatic rings. The molecule has 0 unspecified atom stereocenters. The van der Waals surface area contributed by atoms with Gasteiger partial charge < -0.3 is 10.1 Å². The van der Waals surface area contributed by atoms with Crippen molar-refractivity contribution in [3.05, 3.63) is 21.9 Å². The van der Waals surface area contributed by atoms with E-state index in [1.165, 1.54) is 14.0 Å². The number of carbonyl (C=O) groups is 3. The van der Waals surface area contributed by atoms with Crippen LogP contribution in [-0.2, 0) is 9.53 Å². The highest BCUT2D eigenvalue weighted by Gasteiger charge is 2.26. The number of rotatable bonds is 5. The van der Waals surface area contributed by atoms with E-state index >= 15 is 0 Å². The number of hydrogen-bond donors (Lipinski definition) is 1. The second kappa shape index (κ2) is 6.47. The molecule has 1 amide bonds. The van der Waals surface area contributed by atoms with Gasteiger partial charge in [0, 0.05) is 0 Å². The van der Waals surface area contributed by atoms with Crippen LogP contribution in [0, 0.1) is 5.92 Å². The van der Waals surface area contributed by atoms with Gasteiger partial charge in [0.1, 0.15) is 6.04 Å². The molecule has 19 heavy (non-hydrogen) atoms. The van der Waals surface area contributed by atoms with Crippen LogP contribution in [0.4, 0.5) is 0 Å². The number of methoxy groups -OCH3 is 1. The molecule has 0 aliphatic carbocycles. The van der Waals surface area contributed by atoms with Crippen molar-refractivity contribution in [3.63, 3.8) is 0 Å². The van der Waals surface area contributed by atoms with Crippen LogP contribution < -0.4 is 5.32 Å². The fraction of sp³-hybridized carbons (Fsp3) is 0.462. The van der Waals surface area contributed by atoms with E-state index in [0.717, 1.165) is 11.3 Å². The van der Waals surface area contributed by atoms with Gasteiger partial charge in [0.2, 0.25) is 0 Å². The van der Waals surface area contributed by atoms with Gasteiger partial charge in [-0.05, 0) is 25.0 Å². The van der Waals surface area contributed by atoms with Crippen molar-refractivity contribution in [1.29, 1.82) is 0 Å². The Bertz CT molecular complexity index is 493. The van der Waals surface area contributed by atoms with E-state index in [2.05, 4.69) is 10.1 Å². The summed E-state index contributed by atoms with van der Waals surface area (Å²) in [6.07, 6.45) is 0. The van der Waals surface area contributed by atoms with Crippen molar-refractivity contribution in [2.45, 2.75) is 26.8 Å². The third-order valence-corrected chi connectivity index (χ3v) is 3.77. The van der Waals surface area contributed by atoms with Crippen LogP contribution >= 0.6 is 11.3 Å². The number of carbonyl (C=O) groups excluding carboxylic acids is 3. The van der Waals surface area contributed by atoms with Crippen LogP contribution in [0.2, 0.25) is 0 Å².